The minimum atomic E-state index is -3.47. The predicted octanol–water partition coefficient (Wildman–Crippen LogP) is 2.82. The van der Waals surface area contributed by atoms with Gasteiger partial charge in [-0.1, -0.05) is 25.0 Å². The van der Waals surface area contributed by atoms with Crippen molar-refractivity contribution in [2.24, 2.45) is 5.92 Å². The fourth-order valence-corrected chi connectivity index (χ4v) is 6.69. The molecule has 2 saturated heterocycles. The van der Waals surface area contributed by atoms with Crippen LogP contribution < -0.4 is 0 Å². The van der Waals surface area contributed by atoms with E-state index in [2.05, 4.69) is 11.8 Å². The monoisotopic (exact) mass is 420 g/mol. The van der Waals surface area contributed by atoms with E-state index >= 15 is 0 Å². The standard InChI is InChI=1S/C22H32N2O4S/c1-17-16-19-4-2-3-5-21(19)24(17)22(25)11-8-18-6-9-20(10-7-18)29(26,27)23-12-14-28-15-13-23/h6-7,9-10,17,19,21H,2-5,8,11-16H2,1H3. The van der Waals surface area contributed by atoms with E-state index in [-0.39, 0.29) is 5.91 Å². The summed E-state index contributed by atoms with van der Waals surface area (Å²) in [6.07, 6.45) is 7.23. The molecule has 3 atom stereocenters. The van der Waals surface area contributed by atoms with E-state index < -0.39 is 10.0 Å². The van der Waals surface area contributed by atoms with Crippen LogP contribution in [0.25, 0.3) is 0 Å². The molecule has 1 saturated carbocycles. The molecule has 0 N–H and O–H groups in total. The highest BCUT2D eigenvalue weighted by atomic mass is 32.2. The third kappa shape index (κ3) is 4.37. The molecule has 1 aliphatic carbocycles. The molecule has 160 valence electrons. The van der Waals surface area contributed by atoms with Crippen molar-refractivity contribution in [2.45, 2.75) is 68.8 Å². The summed E-state index contributed by atoms with van der Waals surface area (Å²) in [5.74, 6) is 0.935. The molecule has 1 amide bonds. The minimum Gasteiger partial charge on any atom is -0.379 e. The number of likely N-dealkylation sites (tertiary alicyclic amines) is 1. The van der Waals surface area contributed by atoms with E-state index in [1.54, 1.807) is 12.1 Å². The smallest absolute Gasteiger partial charge is 0.243 e. The Morgan fingerprint density at radius 3 is 2.52 bits per heavy atom. The molecule has 7 heteroatoms. The van der Waals surface area contributed by atoms with Gasteiger partial charge in [-0.15, -0.1) is 0 Å². The number of amides is 1. The first-order chi connectivity index (χ1) is 14.0. The summed E-state index contributed by atoms with van der Waals surface area (Å²) in [5.41, 5.74) is 1.01. The van der Waals surface area contributed by atoms with Gasteiger partial charge in [-0.05, 0) is 56.2 Å². The number of rotatable bonds is 5. The molecule has 4 rings (SSSR count). The molecular formula is C22H32N2O4S. The van der Waals surface area contributed by atoms with Gasteiger partial charge in [0.05, 0.1) is 18.1 Å². The Bertz CT molecular complexity index is 818. The van der Waals surface area contributed by atoms with Gasteiger partial charge in [0.15, 0.2) is 0 Å². The number of hydrogen-bond donors (Lipinski definition) is 0. The molecule has 2 aliphatic heterocycles. The summed E-state index contributed by atoms with van der Waals surface area (Å²) in [7, 11) is -3.47. The van der Waals surface area contributed by atoms with Gasteiger partial charge in [0.2, 0.25) is 15.9 Å². The largest absolute Gasteiger partial charge is 0.379 e. The van der Waals surface area contributed by atoms with Crippen molar-refractivity contribution in [3.05, 3.63) is 29.8 Å². The van der Waals surface area contributed by atoms with Crippen LogP contribution in [-0.4, -0.2) is 61.9 Å². The SMILES string of the molecule is CC1CC2CCCCC2N1C(=O)CCc1ccc(S(=O)(=O)N2CCOCC2)cc1. The second-order valence-corrected chi connectivity index (χ2v) is 10.6. The second-order valence-electron chi connectivity index (χ2n) is 8.66. The summed E-state index contributed by atoms with van der Waals surface area (Å²) in [6, 6.07) is 7.80. The molecule has 3 unspecified atom stereocenters. The van der Waals surface area contributed by atoms with Gasteiger partial charge in [0, 0.05) is 31.6 Å². The van der Waals surface area contributed by atoms with Crippen molar-refractivity contribution < 1.29 is 17.9 Å². The molecule has 0 aromatic heterocycles. The van der Waals surface area contributed by atoms with Crippen LogP contribution >= 0.6 is 0 Å². The molecule has 3 fully saturated rings. The number of carbonyl (C=O) groups excluding carboxylic acids is 1. The lowest BCUT2D eigenvalue weighted by Crippen LogP contribution is -2.42. The van der Waals surface area contributed by atoms with E-state index in [1.807, 2.05) is 12.1 Å². The fraction of sp³-hybridized carbons (Fsp3) is 0.682. The lowest BCUT2D eigenvalue weighted by atomic mass is 9.85. The van der Waals surface area contributed by atoms with Gasteiger partial charge in [0.1, 0.15) is 0 Å². The van der Waals surface area contributed by atoms with Gasteiger partial charge in [0.25, 0.3) is 0 Å². The second kappa shape index (κ2) is 8.74. The van der Waals surface area contributed by atoms with Crippen LogP contribution in [0.4, 0.5) is 0 Å². The average molecular weight is 421 g/mol. The van der Waals surface area contributed by atoms with Crippen molar-refractivity contribution in [3.8, 4) is 0 Å². The summed E-state index contributed by atoms with van der Waals surface area (Å²) >= 11 is 0. The number of nitrogens with zero attached hydrogens (tertiary/aromatic N) is 2. The predicted molar refractivity (Wildman–Crippen MR) is 111 cm³/mol. The number of ether oxygens (including phenoxy) is 1. The molecule has 1 aromatic rings. The van der Waals surface area contributed by atoms with E-state index in [1.165, 1.54) is 23.6 Å². The number of aryl methyl sites for hydroxylation is 1. The Morgan fingerprint density at radius 1 is 1.10 bits per heavy atom. The number of sulfonamides is 1. The Morgan fingerprint density at radius 2 is 1.79 bits per heavy atom. The first kappa shape index (κ1) is 20.8. The third-order valence-electron chi connectivity index (χ3n) is 6.79. The van der Waals surface area contributed by atoms with Crippen LogP contribution in [-0.2, 0) is 26.0 Å². The summed E-state index contributed by atoms with van der Waals surface area (Å²) < 4.78 is 32.2. The normalized spacial score (nSPS) is 28.3. The van der Waals surface area contributed by atoms with Gasteiger partial charge < -0.3 is 9.64 Å². The average Bonchev–Trinajstić information content (AvgIpc) is 3.08. The maximum Gasteiger partial charge on any atom is 0.243 e. The van der Waals surface area contributed by atoms with Crippen molar-refractivity contribution in [1.82, 2.24) is 9.21 Å². The number of hydrogen-bond acceptors (Lipinski definition) is 4. The first-order valence-electron chi connectivity index (χ1n) is 10.9. The van der Waals surface area contributed by atoms with Crippen LogP contribution in [0.1, 0.15) is 51.0 Å². The van der Waals surface area contributed by atoms with Crippen molar-refractivity contribution in [3.63, 3.8) is 0 Å². The lowest BCUT2D eigenvalue weighted by Gasteiger charge is -2.33. The summed E-state index contributed by atoms with van der Waals surface area (Å²) in [6.45, 7) is 3.86. The van der Waals surface area contributed by atoms with Gasteiger partial charge in [-0.3, -0.25) is 4.79 Å². The van der Waals surface area contributed by atoms with E-state index in [0.29, 0.717) is 62.0 Å². The number of benzene rings is 1. The van der Waals surface area contributed by atoms with Gasteiger partial charge in [-0.2, -0.15) is 4.31 Å². The molecule has 3 aliphatic rings. The van der Waals surface area contributed by atoms with E-state index in [0.717, 1.165) is 18.4 Å². The zero-order valence-electron chi connectivity index (χ0n) is 17.3. The van der Waals surface area contributed by atoms with Crippen molar-refractivity contribution >= 4 is 15.9 Å². The van der Waals surface area contributed by atoms with Gasteiger partial charge >= 0.3 is 0 Å². The minimum absolute atomic E-state index is 0.247. The molecular weight excluding hydrogens is 388 g/mol. The zero-order valence-corrected chi connectivity index (χ0v) is 18.1. The number of carbonyl (C=O) groups is 1. The van der Waals surface area contributed by atoms with Crippen LogP contribution in [0.3, 0.4) is 0 Å². The van der Waals surface area contributed by atoms with Crippen LogP contribution in [0, 0.1) is 5.92 Å². The highest BCUT2D eigenvalue weighted by Crippen LogP contribution is 2.39. The Labute approximate surface area is 174 Å². The highest BCUT2D eigenvalue weighted by molar-refractivity contribution is 7.89. The fourth-order valence-electron chi connectivity index (χ4n) is 5.28. The van der Waals surface area contributed by atoms with Crippen molar-refractivity contribution in [2.75, 3.05) is 26.3 Å². The van der Waals surface area contributed by atoms with Crippen LogP contribution in [0.5, 0.6) is 0 Å². The maximum absolute atomic E-state index is 12.9. The number of morpholine rings is 1. The van der Waals surface area contributed by atoms with Crippen LogP contribution in [0.15, 0.2) is 29.2 Å². The summed E-state index contributed by atoms with van der Waals surface area (Å²) in [5, 5.41) is 0. The zero-order chi connectivity index (χ0) is 20.4. The third-order valence-corrected chi connectivity index (χ3v) is 8.70. The maximum atomic E-state index is 12.9. The topological polar surface area (TPSA) is 66.9 Å². The number of fused-ring (bicyclic) bond motifs is 1. The molecule has 0 spiro atoms. The molecule has 0 bridgehead atoms. The Hall–Kier alpha value is -1.44. The quantitative estimate of drug-likeness (QED) is 0.735. The molecule has 0 radical (unpaired) electrons. The lowest BCUT2D eigenvalue weighted by molar-refractivity contribution is -0.134. The highest BCUT2D eigenvalue weighted by Gasteiger charge is 2.42. The Kier molecular flexibility index (Phi) is 6.27. The molecule has 1 aromatic carbocycles. The van der Waals surface area contributed by atoms with E-state index in [9.17, 15) is 13.2 Å². The molecule has 29 heavy (non-hydrogen) atoms. The Balaban J connectivity index is 1.36. The van der Waals surface area contributed by atoms with Crippen LogP contribution in [0.2, 0.25) is 0 Å². The summed E-state index contributed by atoms with van der Waals surface area (Å²) in [4.78, 5) is 15.4. The van der Waals surface area contributed by atoms with Gasteiger partial charge in [-0.25, -0.2) is 8.42 Å². The molecule has 6 nitrogen and oxygen atoms in total. The molecule has 2 heterocycles. The first-order valence-corrected chi connectivity index (χ1v) is 12.4. The van der Waals surface area contributed by atoms with Crippen molar-refractivity contribution in [1.29, 1.82) is 0 Å². The van der Waals surface area contributed by atoms with E-state index in [4.69, 9.17) is 4.74 Å².